The van der Waals surface area contributed by atoms with Crippen LogP contribution in [0, 0.1) is 0 Å². The van der Waals surface area contributed by atoms with Crippen LogP contribution >= 0.6 is 11.8 Å². The number of aromatic amines is 1. The predicted octanol–water partition coefficient (Wildman–Crippen LogP) is 3.21. The Balaban J connectivity index is 2.00. The van der Waals surface area contributed by atoms with Gasteiger partial charge in [-0.15, -0.1) is 5.10 Å². The topological polar surface area (TPSA) is 59.9 Å². The van der Waals surface area contributed by atoms with Crippen LogP contribution in [0.2, 0.25) is 0 Å². The van der Waals surface area contributed by atoms with Gasteiger partial charge in [-0.05, 0) is 24.1 Å². The zero-order valence-corrected chi connectivity index (χ0v) is 13.2. The molecular formula is C14H16F3N3O2S. The standard InChI is InChI=1S/C14H16F3N3O2S/c1-2-6-20-12(21)18-19-13(20)23-8-10-4-3-5-11(7-10)22-9-14(15,16)17/h3-5,7H,2,6,8-9H2,1H3,(H,18,21). The van der Waals surface area contributed by atoms with Gasteiger partial charge in [-0.2, -0.15) is 13.2 Å². The van der Waals surface area contributed by atoms with Crippen molar-refractivity contribution in [1.82, 2.24) is 14.8 Å². The summed E-state index contributed by atoms with van der Waals surface area (Å²) in [5.74, 6) is 0.630. The number of hydrogen-bond acceptors (Lipinski definition) is 4. The number of nitrogens with zero attached hydrogens (tertiary/aromatic N) is 2. The Hall–Kier alpha value is -1.90. The molecule has 0 amide bonds. The van der Waals surface area contributed by atoms with Gasteiger partial charge in [-0.3, -0.25) is 4.57 Å². The summed E-state index contributed by atoms with van der Waals surface area (Å²) in [5.41, 5.74) is 0.518. The van der Waals surface area contributed by atoms with Crippen LogP contribution in [0.3, 0.4) is 0 Å². The molecule has 0 aliphatic heterocycles. The van der Waals surface area contributed by atoms with Gasteiger partial charge in [-0.25, -0.2) is 9.89 Å². The number of halogens is 3. The average Bonchev–Trinajstić information content (AvgIpc) is 2.84. The van der Waals surface area contributed by atoms with Crippen molar-refractivity contribution in [3.8, 4) is 5.75 Å². The first-order valence-electron chi connectivity index (χ1n) is 6.95. The van der Waals surface area contributed by atoms with Crippen molar-refractivity contribution in [1.29, 1.82) is 0 Å². The second-order valence-electron chi connectivity index (χ2n) is 4.80. The molecule has 0 saturated carbocycles. The van der Waals surface area contributed by atoms with E-state index >= 15 is 0 Å². The molecule has 126 valence electrons. The molecule has 0 aliphatic rings. The first-order valence-corrected chi connectivity index (χ1v) is 7.94. The number of rotatable bonds is 7. The SMILES string of the molecule is CCCn1c(SCc2cccc(OCC(F)(F)F)c2)n[nH]c1=O. The zero-order chi connectivity index (χ0) is 16.9. The van der Waals surface area contributed by atoms with Crippen molar-refractivity contribution in [3.63, 3.8) is 0 Å². The van der Waals surface area contributed by atoms with Crippen LogP contribution < -0.4 is 10.4 Å². The van der Waals surface area contributed by atoms with Crippen molar-refractivity contribution in [2.24, 2.45) is 0 Å². The molecule has 0 bridgehead atoms. The Morgan fingerprint density at radius 1 is 1.39 bits per heavy atom. The number of ether oxygens (including phenoxy) is 1. The lowest BCUT2D eigenvalue weighted by Gasteiger charge is -2.10. The van der Waals surface area contributed by atoms with Gasteiger partial charge >= 0.3 is 11.9 Å². The smallest absolute Gasteiger partial charge is 0.422 e. The van der Waals surface area contributed by atoms with Gasteiger partial charge in [0.2, 0.25) is 0 Å². The van der Waals surface area contributed by atoms with E-state index in [4.69, 9.17) is 4.74 Å². The minimum Gasteiger partial charge on any atom is -0.484 e. The van der Waals surface area contributed by atoms with Gasteiger partial charge in [0.1, 0.15) is 5.75 Å². The quantitative estimate of drug-likeness (QED) is 0.782. The van der Waals surface area contributed by atoms with Crippen LogP contribution in [0.1, 0.15) is 18.9 Å². The molecule has 0 saturated heterocycles. The third kappa shape index (κ3) is 5.34. The van der Waals surface area contributed by atoms with Crippen LogP contribution in [0.4, 0.5) is 13.2 Å². The maximum Gasteiger partial charge on any atom is 0.422 e. The minimum absolute atomic E-state index is 0.161. The monoisotopic (exact) mass is 347 g/mol. The number of benzene rings is 1. The second kappa shape index (κ2) is 7.58. The Labute approximate surface area is 134 Å². The summed E-state index contributed by atoms with van der Waals surface area (Å²) in [7, 11) is 0. The van der Waals surface area contributed by atoms with Crippen molar-refractivity contribution in [3.05, 3.63) is 40.3 Å². The highest BCUT2D eigenvalue weighted by molar-refractivity contribution is 7.98. The molecular weight excluding hydrogens is 331 g/mol. The van der Waals surface area contributed by atoms with Gasteiger partial charge in [0.25, 0.3) is 0 Å². The summed E-state index contributed by atoms with van der Waals surface area (Å²) in [6, 6.07) is 6.43. The molecule has 0 fully saturated rings. The summed E-state index contributed by atoms with van der Waals surface area (Å²) in [5, 5.41) is 6.90. The molecule has 1 N–H and O–H groups in total. The highest BCUT2D eigenvalue weighted by Crippen LogP contribution is 2.24. The molecule has 0 unspecified atom stereocenters. The highest BCUT2D eigenvalue weighted by atomic mass is 32.2. The van der Waals surface area contributed by atoms with E-state index in [0.29, 0.717) is 17.5 Å². The van der Waals surface area contributed by atoms with E-state index in [1.165, 1.54) is 22.4 Å². The first-order chi connectivity index (χ1) is 10.9. The van der Waals surface area contributed by atoms with Crippen LogP contribution in [-0.2, 0) is 12.3 Å². The number of aromatic nitrogens is 3. The van der Waals surface area contributed by atoms with Crippen LogP contribution in [-0.4, -0.2) is 27.5 Å². The van der Waals surface area contributed by atoms with E-state index in [-0.39, 0.29) is 11.4 Å². The van der Waals surface area contributed by atoms with Crippen molar-refractivity contribution < 1.29 is 17.9 Å². The van der Waals surface area contributed by atoms with Gasteiger partial charge in [0.15, 0.2) is 11.8 Å². The lowest BCUT2D eigenvalue weighted by atomic mass is 10.2. The van der Waals surface area contributed by atoms with Gasteiger partial charge < -0.3 is 4.74 Å². The van der Waals surface area contributed by atoms with E-state index in [1.807, 2.05) is 6.92 Å². The molecule has 0 atom stereocenters. The summed E-state index contributed by atoms with van der Waals surface area (Å²) in [4.78, 5) is 11.6. The largest absolute Gasteiger partial charge is 0.484 e. The summed E-state index contributed by atoms with van der Waals surface area (Å²) in [6.07, 6.45) is -3.57. The molecule has 1 aromatic carbocycles. The van der Waals surface area contributed by atoms with Gasteiger partial charge in [0.05, 0.1) is 0 Å². The van der Waals surface area contributed by atoms with Crippen molar-refractivity contribution in [2.75, 3.05) is 6.61 Å². The normalized spacial score (nSPS) is 11.7. The van der Waals surface area contributed by atoms with E-state index in [1.54, 1.807) is 18.2 Å². The lowest BCUT2D eigenvalue weighted by molar-refractivity contribution is -0.153. The molecule has 2 rings (SSSR count). The second-order valence-corrected chi connectivity index (χ2v) is 5.75. The number of H-pyrrole nitrogens is 1. The number of hydrogen-bond donors (Lipinski definition) is 1. The molecule has 5 nitrogen and oxygen atoms in total. The Morgan fingerprint density at radius 2 is 2.17 bits per heavy atom. The van der Waals surface area contributed by atoms with Crippen LogP contribution in [0.15, 0.2) is 34.2 Å². The van der Waals surface area contributed by atoms with Crippen LogP contribution in [0.25, 0.3) is 0 Å². The zero-order valence-electron chi connectivity index (χ0n) is 12.4. The number of nitrogens with one attached hydrogen (secondary N) is 1. The molecule has 1 heterocycles. The lowest BCUT2D eigenvalue weighted by Crippen LogP contribution is -2.19. The number of thioether (sulfide) groups is 1. The Bertz CT molecular complexity index is 697. The molecule has 2 aromatic rings. The summed E-state index contributed by atoms with van der Waals surface area (Å²) in [6.45, 7) is 1.20. The van der Waals surface area contributed by atoms with Crippen molar-refractivity contribution >= 4 is 11.8 Å². The van der Waals surface area contributed by atoms with Gasteiger partial charge in [0, 0.05) is 12.3 Å². The van der Waals surface area contributed by atoms with E-state index < -0.39 is 12.8 Å². The van der Waals surface area contributed by atoms with E-state index in [9.17, 15) is 18.0 Å². The van der Waals surface area contributed by atoms with E-state index in [2.05, 4.69) is 10.2 Å². The molecule has 9 heteroatoms. The van der Waals surface area contributed by atoms with Gasteiger partial charge in [-0.1, -0.05) is 30.8 Å². The Morgan fingerprint density at radius 3 is 2.87 bits per heavy atom. The van der Waals surface area contributed by atoms with Crippen molar-refractivity contribution in [2.45, 2.75) is 37.0 Å². The fourth-order valence-electron chi connectivity index (χ4n) is 1.87. The minimum atomic E-state index is -4.37. The summed E-state index contributed by atoms with van der Waals surface area (Å²) < 4.78 is 42.7. The Kier molecular flexibility index (Phi) is 5.75. The molecule has 0 spiro atoms. The summed E-state index contributed by atoms with van der Waals surface area (Å²) >= 11 is 1.34. The van der Waals surface area contributed by atoms with E-state index in [0.717, 1.165) is 12.0 Å². The third-order valence-corrected chi connectivity index (χ3v) is 3.89. The highest BCUT2D eigenvalue weighted by Gasteiger charge is 2.28. The molecule has 0 aliphatic carbocycles. The average molecular weight is 347 g/mol. The fraction of sp³-hybridized carbons (Fsp3) is 0.429. The molecule has 23 heavy (non-hydrogen) atoms. The molecule has 0 radical (unpaired) electrons. The molecule has 1 aromatic heterocycles. The fourth-order valence-corrected chi connectivity index (χ4v) is 2.79. The van der Waals surface area contributed by atoms with Crippen LogP contribution in [0.5, 0.6) is 5.75 Å². The third-order valence-electron chi connectivity index (χ3n) is 2.84. The maximum atomic E-state index is 12.2. The predicted molar refractivity (Wildman–Crippen MR) is 80.7 cm³/mol. The first kappa shape index (κ1) is 17.5. The number of alkyl halides is 3. The maximum absolute atomic E-state index is 12.2.